The lowest BCUT2D eigenvalue weighted by molar-refractivity contribution is 0.0968. The van der Waals surface area contributed by atoms with Gasteiger partial charge < -0.3 is 14.6 Å². The van der Waals surface area contributed by atoms with E-state index in [2.05, 4.69) is 64.6 Å². The van der Waals surface area contributed by atoms with E-state index in [1.807, 2.05) is 0 Å². The number of aromatic amines is 1. The van der Waals surface area contributed by atoms with Crippen LogP contribution in [0.1, 0.15) is 47.9 Å². The summed E-state index contributed by atoms with van der Waals surface area (Å²) in [6, 6.07) is 16.2. The molecular formula is C31H35FN2O. The Morgan fingerprint density at radius 1 is 1.00 bits per heavy atom. The fraction of sp³-hybridized carbons (Fsp3) is 0.419. The number of nitrogens with one attached hydrogen (secondary N) is 1. The van der Waals surface area contributed by atoms with Crippen LogP contribution in [0.15, 0.2) is 65.9 Å². The molecule has 1 aromatic heterocycles. The molecular weight excluding hydrogens is 435 g/mol. The summed E-state index contributed by atoms with van der Waals surface area (Å²) in [6.07, 6.45) is 10.5. The Kier molecular flexibility index (Phi) is 6.58. The van der Waals surface area contributed by atoms with E-state index < -0.39 is 0 Å². The first kappa shape index (κ1) is 22.8. The summed E-state index contributed by atoms with van der Waals surface area (Å²) >= 11 is 0. The van der Waals surface area contributed by atoms with E-state index in [1.54, 1.807) is 0 Å². The Morgan fingerprint density at radius 3 is 2.69 bits per heavy atom. The minimum absolute atomic E-state index is 0.205. The first-order chi connectivity index (χ1) is 17.3. The molecule has 2 aliphatic heterocycles. The predicted octanol–water partition coefficient (Wildman–Crippen LogP) is 6.49. The van der Waals surface area contributed by atoms with Crippen molar-refractivity contribution >= 4 is 16.5 Å². The van der Waals surface area contributed by atoms with E-state index in [9.17, 15) is 4.39 Å². The summed E-state index contributed by atoms with van der Waals surface area (Å²) in [5, 5.41) is 1.36. The molecule has 3 nitrogen and oxygen atoms in total. The molecule has 3 heterocycles. The van der Waals surface area contributed by atoms with Gasteiger partial charge in [-0.3, -0.25) is 4.39 Å². The normalized spacial score (nSPS) is 19.4. The van der Waals surface area contributed by atoms with E-state index in [4.69, 9.17) is 4.74 Å². The van der Waals surface area contributed by atoms with Gasteiger partial charge in [-0.05, 0) is 95.5 Å². The van der Waals surface area contributed by atoms with Crippen molar-refractivity contribution in [3.8, 4) is 0 Å². The first-order valence-corrected chi connectivity index (χ1v) is 13.3. The van der Waals surface area contributed by atoms with E-state index in [1.165, 1.54) is 56.3 Å². The van der Waals surface area contributed by atoms with Crippen molar-refractivity contribution in [1.29, 1.82) is 0 Å². The zero-order valence-electron chi connectivity index (χ0n) is 20.5. The van der Waals surface area contributed by atoms with Crippen LogP contribution in [0.4, 0.5) is 4.39 Å². The molecule has 1 fully saturated rings. The Morgan fingerprint density at radius 2 is 1.89 bits per heavy atom. The number of fused-ring (bicyclic) bond motifs is 3. The lowest BCUT2D eigenvalue weighted by Gasteiger charge is -2.39. The van der Waals surface area contributed by atoms with E-state index in [-0.39, 0.29) is 6.67 Å². The second-order valence-corrected chi connectivity index (χ2v) is 10.4. The van der Waals surface area contributed by atoms with Gasteiger partial charge in [0.25, 0.3) is 0 Å². The average molecular weight is 471 g/mol. The van der Waals surface area contributed by atoms with Crippen LogP contribution in [-0.2, 0) is 17.6 Å². The summed E-state index contributed by atoms with van der Waals surface area (Å²) < 4.78 is 18.1. The maximum absolute atomic E-state index is 12.4. The van der Waals surface area contributed by atoms with Crippen LogP contribution in [-0.4, -0.2) is 49.4 Å². The SMILES string of the molecule is FCCCN1CC(Cc2ccc(C3=C(C4=CCOCC4)CCCc4c3ccc3[nH]ccc43)cc2)C1. The molecule has 0 radical (unpaired) electrons. The minimum atomic E-state index is -0.205. The predicted molar refractivity (Wildman–Crippen MR) is 141 cm³/mol. The van der Waals surface area contributed by atoms with Gasteiger partial charge in [0.15, 0.2) is 0 Å². The highest BCUT2D eigenvalue weighted by molar-refractivity contribution is 5.94. The highest BCUT2D eigenvalue weighted by Gasteiger charge is 2.27. The number of ether oxygens (including phenoxy) is 1. The summed E-state index contributed by atoms with van der Waals surface area (Å²) in [5.41, 5.74) is 11.2. The third-order valence-corrected chi connectivity index (χ3v) is 8.03. The molecule has 1 aliphatic carbocycles. The molecule has 4 heteroatoms. The maximum atomic E-state index is 12.4. The zero-order chi connectivity index (χ0) is 23.6. The van der Waals surface area contributed by atoms with Gasteiger partial charge in [-0.2, -0.15) is 0 Å². The third kappa shape index (κ3) is 4.62. The topological polar surface area (TPSA) is 28.3 Å². The number of hydrogen-bond donors (Lipinski definition) is 1. The van der Waals surface area contributed by atoms with Gasteiger partial charge in [-0.1, -0.05) is 36.4 Å². The Hall–Kier alpha value is -2.69. The number of likely N-dealkylation sites (tertiary alicyclic amines) is 1. The highest BCUT2D eigenvalue weighted by atomic mass is 19.1. The van der Waals surface area contributed by atoms with E-state index in [0.717, 1.165) is 58.5 Å². The van der Waals surface area contributed by atoms with Crippen LogP contribution in [0, 0.1) is 5.92 Å². The lowest BCUT2D eigenvalue weighted by Crippen LogP contribution is -2.47. The number of rotatable bonds is 7. The van der Waals surface area contributed by atoms with Gasteiger partial charge in [0, 0.05) is 36.7 Å². The maximum Gasteiger partial charge on any atom is 0.0906 e. The van der Waals surface area contributed by atoms with Crippen LogP contribution in [0.2, 0.25) is 0 Å². The van der Waals surface area contributed by atoms with Gasteiger partial charge in [0.1, 0.15) is 0 Å². The van der Waals surface area contributed by atoms with Crippen molar-refractivity contribution in [3.05, 3.63) is 88.1 Å². The Bertz CT molecular complexity index is 1250. The van der Waals surface area contributed by atoms with Crippen molar-refractivity contribution in [2.75, 3.05) is 39.5 Å². The molecule has 3 aromatic rings. The summed E-state index contributed by atoms with van der Waals surface area (Å²) in [7, 11) is 0. The molecule has 3 aliphatic rings. The minimum Gasteiger partial charge on any atom is -0.377 e. The third-order valence-electron chi connectivity index (χ3n) is 8.03. The van der Waals surface area contributed by atoms with Gasteiger partial charge in [0.2, 0.25) is 0 Å². The second-order valence-electron chi connectivity index (χ2n) is 10.4. The van der Waals surface area contributed by atoms with Gasteiger partial charge >= 0.3 is 0 Å². The molecule has 6 rings (SSSR count). The number of alkyl halides is 1. The van der Waals surface area contributed by atoms with Crippen LogP contribution in [0.5, 0.6) is 0 Å². The van der Waals surface area contributed by atoms with Crippen molar-refractivity contribution in [1.82, 2.24) is 9.88 Å². The largest absolute Gasteiger partial charge is 0.377 e. The van der Waals surface area contributed by atoms with Crippen molar-refractivity contribution in [2.45, 2.75) is 38.5 Å². The van der Waals surface area contributed by atoms with Crippen LogP contribution in [0.25, 0.3) is 16.5 Å². The number of benzene rings is 2. The molecule has 0 atom stereocenters. The second kappa shape index (κ2) is 10.1. The molecule has 35 heavy (non-hydrogen) atoms. The fourth-order valence-corrected chi connectivity index (χ4v) is 6.29. The number of halogens is 1. The fourth-order valence-electron chi connectivity index (χ4n) is 6.29. The molecule has 0 bridgehead atoms. The van der Waals surface area contributed by atoms with Gasteiger partial charge in [0.05, 0.1) is 19.9 Å². The molecule has 0 spiro atoms. The molecule has 0 amide bonds. The zero-order valence-corrected chi connectivity index (χ0v) is 20.5. The number of nitrogens with zero attached hydrogens (tertiary/aromatic N) is 1. The summed E-state index contributed by atoms with van der Waals surface area (Å²) in [5.74, 6) is 0.697. The lowest BCUT2D eigenvalue weighted by atomic mass is 9.85. The van der Waals surface area contributed by atoms with Crippen molar-refractivity contribution in [2.24, 2.45) is 5.92 Å². The Labute approximate surface area is 207 Å². The van der Waals surface area contributed by atoms with Crippen LogP contribution >= 0.6 is 0 Å². The quantitative estimate of drug-likeness (QED) is 0.428. The number of H-pyrrole nitrogens is 1. The number of allylic oxidation sites excluding steroid dienone is 1. The summed E-state index contributed by atoms with van der Waals surface area (Å²) in [4.78, 5) is 5.78. The summed E-state index contributed by atoms with van der Waals surface area (Å²) in [6.45, 7) is 4.44. The first-order valence-electron chi connectivity index (χ1n) is 13.3. The van der Waals surface area contributed by atoms with Gasteiger partial charge in [-0.25, -0.2) is 0 Å². The van der Waals surface area contributed by atoms with Crippen molar-refractivity contribution < 1.29 is 9.13 Å². The average Bonchev–Trinajstić information content (AvgIpc) is 3.27. The van der Waals surface area contributed by atoms with Gasteiger partial charge in [-0.15, -0.1) is 0 Å². The van der Waals surface area contributed by atoms with E-state index >= 15 is 0 Å². The number of aryl methyl sites for hydroxylation is 1. The Balaban J connectivity index is 1.33. The molecule has 1 N–H and O–H groups in total. The smallest absolute Gasteiger partial charge is 0.0906 e. The van der Waals surface area contributed by atoms with Crippen molar-refractivity contribution in [3.63, 3.8) is 0 Å². The van der Waals surface area contributed by atoms with Crippen LogP contribution in [0.3, 0.4) is 0 Å². The monoisotopic (exact) mass is 470 g/mol. The molecule has 182 valence electrons. The number of hydrogen-bond acceptors (Lipinski definition) is 2. The van der Waals surface area contributed by atoms with Crippen LogP contribution < -0.4 is 0 Å². The molecule has 0 unspecified atom stereocenters. The number of aromatic nitrogens is 1. The molecule has 0 saturated carbocycles. The molecule has 2 aromatic carbocycles. The molecule has 1 saturated heterocycles. The van der Waals surface area contributed by atoms with E-state index in [0.29, 0.717) is 12.3 Å². The standard InChI is InChI=1S/C31H35FN2O/c32-14-2-16-34-20-23(21-34)19-22-5-7-25(8-6-22)31-26(24-12-17-35-18-13-24)3-1-4-27-28-11-15-33-30(28)10-9-29(27)31/h5-12,15,23,33H,1-4,13-14,16-21H2. The highest BCUT2D eigenvalue weighted by Crippen LogP contribution is 2.41.